The van der Waals surface area contributed by atoms with E-state index in [9.17, 15) is 4.79 Å². The van der Waals surface area contributed by atoms with Gasteiger partial charge in [-0.25, -0.2) is 9.97 Å². The number of nitrogens with zero attached hydrogens (tertiary/aromatic N) is 3. The highest BCUT2D eigenvalue weighted by molar-refractivity contribution is 6.30. The summed E-state index contributed by atoms with van der Waals surface area (Å²) in [7, 11) is 0. The number of primary amides is 1. The van der Waals surface area contributed by atoms with Crippen molar-refractivity contribution in [2.45, 2.75) is 32.2 Å². The van der Waals surface area contributed by atoms with Crippen LogP contribution in [-0.4, -0.2) is 28.5 Å². The Morgan fingerprint density at radius 1 is 1.65 bits per heavy atom. The van der Waals surface area contributed by atoms with E-state index in [1.807, 2.05) is 11.8 Å². The van der Waals surface area contributed by atoms with Gasteiger partial charge in [-0.3, -0.25) is 4.79 Å². The summed E-state index contributed by atoms with van der Waals surface area (Å²) in [4.78, 5) is 21.5. The average molecular weight is 255 g/mol. The van der Waals surface area contributed by atoms with Crippen LogP contribution in [0.3, 0.4) is 0 Å². The maximum absolute atomic E-state index is 11.4. The number of aromatic nitrogens is 2. The van der Waals surface area contributed by atoms with Gasteiger partial charge in [0.15, 0.2) is 0 Å². The third-order valence-corrected chi connectivity index (χ3v) is 3.40. The van der Waals surface area contributed by atoms with E-state index in [0.717, 1.165) is 37.2 Å². The Kier molecular flexibility index (Phi) is 3.47. The van der Waals surface area contributed by atoms with Crippen molar-refractivity contribution in [1.82, 2.24) is 9.97 Å². The van der Waals surface area contributed by atoms with Crippen molar-refractivity contribution >= 4 is 23.3 Å². The Morgan fingerprint density at radius 2 is 2.41 bits per heavy atom. The third kappa shape index (κ3) is 2.20. The van der Waals surface area contributed by atoms with Crippen LogP contribution in [0.15, 0.2) is 6.33 Å². The van der Waals surface area contributed by atoms with E-state index in [1.165, 1.54) is 6.33 Å². The van der Waals surface area contributed by atoms with Crippen LogP contribution in [0.1, 0.15) is 25.3 Å². The summed E-state index contributed by atoms with van der Waals surface area (Å²) in [5.74, 6) is 0.438. The van der Waals surface area contributed by atoms with E-state index < -0.39 is 0 Å². The summed E-state index contributed by atoms with van der Waals surface area (Å²) >= 11 is 6.04. The minimum absolute atomic E-state index is 0.272. The van der Waals surface area contributed by atoms with Gasteiger partial charge in [-0.2, -0.15) is 0 Å². The predicted molar refractivity (Wildman–Crippen MR) is 66.0 cm³/mol. The molecule has 1 atom stereocenters. The van der Waals surface area contributed by atoms with Gasteiger partial charge in [0.25, 0.3) is 0 Å². The molecule has 1 fully saturated rings. The second-order valence-corrected chi connectivity index (χ2v) is 4.43. The fraction of sp³-hybridized carbons (Fsp3) is 0.545. The van der Waals surface area contributed by atoms with E-state index in [4.69, 9.17) is 17.3 Å². The van der Waals surface area contributed by atoms with Gasteiger partial charge in [-0.05, 0) is 19.3 Å². The summed E-state index contributed by atoms with van der Waals surface area (Å²) < 4.78 is 0. The Hall–Kier alpha value is -1.36. The molecule has 1 amide bonds. The molecule has 0 aliphatic carbocycles. The van der Waals surface area contributed by atoms with Crippen molar-refractivity contribution in [3.63, 3.8) is 0 Å². The minimum Gasteiger partial charge on any atom is -0.368 e. The molecule has 0 radical (unpaired) electrons. The molecule has 1 aromatic heterocycles. The predicted octanol–water partition coefficient (Wildman–Crippen LogP) is 1.15. The average Bonchev–Trinajstić information content (AvgIpc) is 2.77. The van der Waals surface area contributed by atoms with Gasteiger partial charge in [0.2, 0.25) is 5.91 Å². The molecule has 1 aliphatic heterocycles. The van der Waals surface area contributed by atoms with Crippen LogP contribution in [0.5, 0.6) is 0 Å². The number of carbonyl (C=O) groups excluding carboxylic acids is 1. The molecule has 0 aromatic carbocycles. The van der Waals surface area contributed by atoms with Crippen LogP contribution in [0, 0.1) is 0 Å². The highest BCUT2D eigenvalue weighted by atomic mass is 35.5. The third-order valence-electron chi connectivity index (χ3n) is 3.08. The fourth-order valence-electron chi connectivity index (χ4n) is 2.25. The molecular weight excluding hydrogens is 240 g/mol. The largest absolute Gasteiger partial charge is 0.368 e. The topological polar surface area (TPSA) is 72.1 Å². The normalized spacial score (nSPS) is 19.6. The van der Waals surface area contributed by atoms with Crippen LogP contribution in [0.25, 0.3) is 0 Å². The zero-order valence-electron chi connectivity index (χ0n) is 9.69. The number of halogens is 1. The maximum Gasteiger partial charge on any atom is 0.240 e. The summed E-state index contributed by atoms with van der Waals surface area (Å²) in [6.07, 6.45) is 3.88. The van der Waals surface area contributed by atoms with Crippen LogP contribution >= 0.6 is 11.6 Å². The summed E-state index contributed by atoms with van der Waals surface area (Å²) in [5.41, 5.74) is 6.28. The zero-order chi connectivity index (χ0) is 12.4. The van der Waals surface area contributed by atoms with Crippen molar-refractivity contribution in [2.24, 2.45) is 5.73 Å². The van der Waals surface area contributed by atoms with Crippen molar-refractivity contribution in [3.8, 4) is 0 Å². The van der Waals surface area contributed by atoms with Gasteiger partial charge in [-0.1, -0.05) is 18.5 Å². The highest BCUT2D eigenvalue weighted by Crippen LogP contribution is 2.29. The van der Waals surface area contributed by atoms with Crippen molar-refractivity contribution in [2.75, 3.05) is 11.4 Å². The minimum atomic E-state index is -0.306. The molecule has 1 saturated heterocycles. The lowest BCUT2D eigenvalue weighted by Crippen LogP contribution is -2.41. The zero-order valence-corrected chi connectivity index (χ0v) is 10.4. The molecule has 6 heteroatoms. The van der Waals surface area contributed by atoms with E-state index in [0.29, 0.717) is 5.15 Å². The lowest BCUT2D eigenvalue weighted by atomic mass is 10.2. The quantitative estimate of drug-likeness (QED) is 0.822. The van der Waals surface area contributed by atoms with E-state index >= 15 is 0 Å². The Balaban J connectivity index is 2.39. The second kappa shape index (κ2) is 4.87. The Morgan fingerprint density at radius 3 is 3.06 bits per heavy atom. The SMILES string of the molecule is CCc1c(Cl)ncnc1N1CCCC1C(N)=O. The van der Waals surface area contributed by atoms with E-state index in [-0.39, 0.29) is 11.9 Å². The molecule has 2 rings (SSSR count). The first-order chi connectivity index (χ1) is 8.15. The highest BCUT2D eigenvalue weighted by Gasteiger charge is 2.31. The van der Waals surface area contributed by atoms with Crippen LogP contribution in [-0.2, 0) is 11.2 Å². The van der Waals surface area contributed by atoms with Gasteiger partial charge in [0.1, 0.15) is 23.3 Å². The number of nitrogens with two attached hydrogens (primary N) is 1. The van der Waals surface area contributed by atoms with Crippen LogP contribution in [0.4, 0.5) is 5.82 Å². The van der Waals surface area contributed by atoms with Crippen molar-refractivity contribution in [3.05, 3.63) is 17.0 Å². The summed E-state index contributed by atoms with van der Waals surface area (Å²) in [6.45, 7) is 2.78. The molecule has 92 valence electrons. The number of anilines is 1. The molecule has 1 aliphatic rings. The number of hydrogen-bond acceptors (Lipinski definition) is 4. The van der Waals surface area contributed by atoms with Gasteiger partial charge in [-0.15, -0.1) is 0 Å². The van der Waals surface area contributed by atoms with Crippen molar-refractivity contribution < 1.29 is 4.79 Å². The van der Waals surface area contributed by atoms with Crippen LogP contribution < -0.4 is 10.6 Å². The maximum atomic E-state index is 11.4. The molecule has 1 aromatic rings. The lowest BCUT2D eigenvalue weighted by Gasteiger charge is -2.25. The number of hydrogen-bond donors (Lipinski definition) is 1. The number of rotatable bonds is 3. The van der Waals surface area contributed by atoms with Gasteiger partial charge in [0, 0.05) is 12.1 Å². The lowest BCUT2D eigenvalue weighted by molar-refractivity contribution is -0.119. The molecule has 0 saturated carbocycles. The van der Waals surface area contributed by atoms with Gasteiger partial charge in [0.05, 0.1) is 0 Å². The molecule has 0 spiro atoms. The summed E-state index contributed by atoms with van der Waals surface area (Å²) in [5, 5.41) is 0.452. The number of amides is 1. The molecule has 2 N–H and O–H groups in total. The molecule has 5 nitrogen and oxygen atoms in total. The molecular formula is C11H15ClN4O. The molecule has 0 bridgehead atoms. The molecule has 1 unspecified atom stereocenters. The monoisotopic (exact) mass is 254 g/mol. The van der Waals surface area contributed by atoms with Crippen LogP contribution in [0.2, 0.25) is 5.15 Å². The summed E-state index contributed by atoms with van der Waals surface area (Å²) in [6, 6.07) is -0.272. The first kappa shape index (κ1) is 12.1. The first-order valence-electron chi connectivity index (χ1n) is 5.70. The smallest absolute Gasteiger partial charge is 0.240 e. The van der Waals surface area contributed by atoms with Gasteiger partial charge < -0.3 is 10.6 Å². The number of carbonyl (C=O) groups is 1. The Bertz CT molecular complexity index is 437. The molecule has 17 heavy (non-hydrogen) atoms. The first-order valence-corrected chi connectivity index (χ1v) is 6.08. The van der Waals surface area contributed by atoms with E-state index in [2.05, 4.69) is 9.97 Å². The Labute approximate surface area is 105 Å². The standard InChI is InChI=1S/C11H15ClN4O/c1-2-7-9(12)14-6-15-11(7)16-5-3-4-8(16)10(13)17/h6,8H,2-5H2,1H3,(H2,13,17). The second-order valence-electron chi connectivity index (χ2n) is 4.07. The van der Waals surface area contributed by atoms with Crippen molar-refractivity contribution in [1.29, 1.82) is 0 Å². The van der Waals surface area contributed by atoms with E-state index in [1.54, 1.807) is 0 Å². The van der Waals surface area contributed by atoms with Gasteiger partial charge >= 0.3 is 0 Å². The fourth-order valence-corrected chi connectivity index (χ4v) is 2.51. The molecule has 2 heterocycles.